The molecule has 0 aliphatic rings. The monoisotopic (exact) mass is 491 g/mol. The third-order valence-electron chi connectivity index (χ3n) is 4.95. The van der Waals surface area contributed by atoms with E-state index in [1.807, 2.05) is 0 Å². The molecule has 1 heterocycles. The van der Waals surface area contributed by atoms with E-state index in [9.17, 15) is 18.0 Å². The van der Waals surface area contributed by atoms with E-state index in [1.165, 1.54) is 31.4 Å². The molecule has 2 amide bonds. The lowest BCUT2D eigenvalue weighted by Crippen LogP contribution is -2.41. The standard InChI is InChI=1S/C24H21N5O5S/c1-34-22-9-3-2-8-21(22)28-35(32,33)20-7-4-6-18(16-20)24(31)27-26-23(30)17-10-12-19(13-11-17)29-15-5-14-25-29/h2-16,28H,1H3,(H,26,30)(H,27,31). The first kappa shape index (κ1) is 23.5. The molecule has 0 bridgehead atoms. The first-order chi connectivity index (χ1) is 16.9. The van der Waals surface area contributed by atoms with Crippen molar-refractivity contribution in [1.82, 2.24) is 20.6 Å². The van der Waals surface area contributed by atoms with E-state index < -0.39 is 21.8 Å². The Morgan fingerprint density at radius 1 is 0.857 bits per heavy atom. The number of amides is 2. The zero-order valence-corrected chi connectivity index (χ0v) is 19.3. The molecule has 0 spiro atoms. The summed E-state index contributed by atoms with van der Waals surface area (Å²) < 4.78 is 34.9. The highest BCUT2D eigenvalue weighted by atomic mass is 32.2. The number of sulfonamides is 1. The molecule has 0 saturated carbocycles. The van der Waals surface area contributed by atoms with Gasteiger partial charge in [0.2, 0.25) is 0 Å². The fourth-order valence-electron chi connectivity index (χ4n) is 3.18. The number of rotatable bonds is 7. The third kappa shape index (κ3) is 5.47. The van der Waals surface area contributed by atoms with Crippen molar-refractivity contribution < 1.29 is 22.7 Å². The fourth-order valence-corrected chi connectivity index (χ4v) is 4.30. The highest BCUT2D eigenvalue weighted by molar-refractivity contribution is 7.92. The summed E-state index contributed by atoms with van der Waals surface area (Å²) in [5.74, 6) is -0.863. The number of hydrogen-bond donors (Lipinski definition) is 3. The Hall–Kier alpha value is -4.64. The normalized spacial score (nSPS) is 10.9. The molecule has 3 aromatic carbocycles. The number of nitrogens with zero attached hydrogens (tertiary/aromatic N) is 2. The summed E-state index contributed by atoms with van der Waals surface area (Å²) in [5.41, 5.74) is 6.01. The molecule has 0 aliphatic carbocycles. The molecule has 10 nitrogen and oxygen atoms in total. The second kappa shape index (κ2) is 10.1. The zero-order chi connectivity index (χ0) is 24.8. The SMILES string of the molecule is COc1ccccc1NS(=O)(=O)c1cccc(C(=O)NNC(=O)c2ccc(-n3cccn3)cc2)c1. The van der Waals surface area contributed by atoms with Gasteiger partial charge in [-0.3, -0.25) is 25.2 Å². The molecule has 178 valence electrons. The number of nitrogens with one attached hydrogen (secondary N) is 3. The van der Waals surface area contributed by atoms with Crippen molar-refractivity contribution in [2.75, 3.05) is 11.8 Å². The van der Waals surface area contributed by atoms with Crippen LogP contribution in [0.3, 0.4) is 0 Å². The van der Waals surface area contributed by atoms with Gasteiger partial charge in [-0.05, 0) is 60.7 Å². The highest BCUT2D eigenvalue weighted by Gasteiger charge is 2.18. The minimum atomic E-state index is -4.00. The number of carbonyl (C=O) groups is 2. The average molecular weight is 492 g/mol. The number of methoxy groups -OCH3 is 1. The summed E-state index contributed by atoms with van der Waals surface area (Å²) in [7, 11) is -2.57. The van der Waals surface area contributed by atoms with Crippen LogP contribution < -0.4 is 20.3 Å². The number of ether oxygens (including phenoxy) is 1. The summed E-state index contributed by atoms with van der Waals surface area (Å²) >= 11 is 0. The van der Waals surface area contributed by atoms with E-state index in [0.29, 0.717) is 11.3 Å². The van der Waals surface area contributed by atoms with Crippen molar-refractivity contribution in [3.63, 3.8) is 0 Å². The molecule has 11 heteroatoms. The van der Waals surface area contributed by atoms with E-state index in [2.05, 4.69) is 20.7 Å². The minimum Gasteiger partial charge on any atom is -0.495 e. The predicted molar refractivity (Wildman–Crippen MR) is 129 cm³/mol. The topological polar surface area (TPSA) is 131 Å². The maximum absolute atomic E-state index is 12.8. The average Bonchev–Trinajstić information content (AvgIpc) is 3.42. The van der Waals surface area contributed by atoms with Crippen molar-refractivity contribution in [2.24, 2.45) is 0 Å². The Labute approximate surface area is 201 Å². The summed E-state index contributed by atoms with van der Waals surface area (Å²) in [5, 5.41) is 4.12. The largest absolute Gasteiger partial charge is 0.495 e. The summed E-state index contributed by atoms with van der Waals surface area (Å²) in [4.78, 5) is 24.8. The predicted octanol–water partition coefficient (Wildman–Crippen LogP) is 2.76. The first-order valence-corrected chi connectivity index (χ1v) is 11.8. The molecule has 0 fully saturated rings. The molecular formula is C24H21N5O5S. The van der Waals surface area contributed by atoms with Gasteiger partial charge >= 0.3 is 0 Å². The molecule has 0 unspecified atom stereocenters. The lowest BCUT2D eigenvalue weighted by atomic mass is 10.2. The number of anilines is 1. The molecule has 0 aliphatic heterocycles. The van der Waals surface area contributed by atoms with Crippen LogP contribution in [-0.2, 0) is 10.0 Å². The van der Waals surface area contributed by atoms with E-state index in [-0.39, 0.29) is 16.1 Å². The van der Waals surface area contributed by atoms with Gasteiger partial charge in [0.1, 0.15) is 5.75 Å². The summed E-state index contributed by atoms with van der Waals surface area (Å²) in [6.07, 6.45) is 3.42. The van der Waals surface area contributed by atoms with E-state index in [0.717, 1.165) is 5.69 Å². The van der Waals surface area contributed by atoms with E-state index in [1.54, 1.807) is 71.7 Å². The van der Waals surface area contributed by atoms with Crippen LogP contribution in [-0.4, -0.2) is 37.1 Å². The Morgan fingerprint density at radius 3 is 2.26 bits per heavy atom. The summed E-state index contributed by atoms with van der Waals surface area (Å²) in [6, 6.07) is 20.4. The Kier molecular flexibility index (Phi) is 6.78. The lowest BCUT2D eigenvalue weighted by Gasteiger charge is -2.12. The van der Waals surface area contributed by atoms with Crippen LogP contribution in [0.15, 0.2) is 96.2 Å². The number of hydrazine groups is 1. The Balaban J connectivity index is 1.42. The quantitative estimate of drug-likeness (QED) is 0.341. The van der Waals surface area contributed by atoms with Crippen LogP contribution in [0.1, 0.15) is 20.7 Å². The van der Waals surface area contributed by atoms with E-state index >= 15 is 0 Å². The molecule has 1 aromatic heterocycles. The van der Waals surface area contributed by atoms with Gasteiger partial charge in [0.05, 0.1) is 23.4 Å². The molecule has 35 heavy (non-hydrogen) atoms. The maximum Gasteiger partial charge on any atom is 0.269 e. The van der Waals surface area contributed by atoms with Crippen molar-refractivity contribution >= 4 is 27.5 Å². The van der Waals surface area contributed by atoms with Gasteiger partial charge < -0.3 is 4.74 Å². The zero-order valence-electron chi connectivity index (χ0n) is 18.5. The maximum atomic E-state index is 12.8. The number of carbonyl (C=O) groups excluding carboxylic acids is 2. The van der Waals surface area contributed by atoms with Crippen LogP contribution in [0.5, 0.6) is 5.75 Å². The van der Waals surface area contributed by atoms with Gasteiger partial charge in [-0.1, -0.05) is 18.2 Å². The van der Waals surface area contributed by atoms with Crippen LogP contribution in [0, 0.1) is 0 Å². The first-order valence-electron chi connectivity index (χ1n) is 10.3. The molecule has 0 saturated heterocycles. The van der Waals surface area contributed by atoms with Gasteiger partial charge in [-0.2, -0.15) is 5.10 Å². The number of benzene rings is 3. The molecule has 3 N–H and O–H groups in total. The Morgan fingerprint density at radius 2 is 1.57 bits per heavy atom. The van der Waals surface area contributed by atoms with Crippen LogP contribution in [0.25, 0.3) is 5.69 Å². The van der Waals surface area contributed by atoms with Gasteiger partial charge in [0, 0.05) is 23.5 Å². The van der Waals surface area contributed by atoms with Crippen LogP contribution >= 0.6 is 0 Å². The van der Waals surface area contributed by atoms with Crippen molar-refractivity contribution in [2.45, 2.75) is 4.90 Å². The van der Waals surface area contributed by atoms with Crippen LogP contribution in [0.4, 0.5) is 5.69 Å². The Bertz CT molecular complexity index is 1450. The fraction of sp³-hybridized carbons (Fsp3) is 0.0417. The lowest BCUT2D eigenvalue weighted by molar-refractivity contribution is 0.0846. The van der Waals surface area contributed by atoms with Crippen molar-refractivity contribution in [1.29, 1.82) is 0 Å². The smallest absolute Gasteiger partial charge is 0.269 e. The van der Waals surface area contributed by atoms with Gasteiger partial charge in [-0.15, -0.1) is 0 Å². The van der Waals surface area contributed by atoms with Crippen molar-refractivity contribution in [3.05, 3.63) is 102 Å². The molecule has 4 aromatic rings. The number of aromatic nitrogens is 2. The summed E-state index contributed by atoms with van der Waals surface area (Å²) in [6.45, 7) is 0. The van der Waals surface area contributed by atoms with Gasteiger partial charge in [0.25, 0.3) is 21.8 Å². The number of para-hydroxylation sites is 2. The van der Waals surface area contributed by atoms with Crippen LogP contribution in [0.2, 0.25) is 0 Å². The molecule has 4 rings (SSSR count). The van der Waals surface area contributed by atoms with Gasteiger partial charge in [-0.25, -0.2) is 13.1 Å². The molecular weight excluding hydrogens is 470 g/mol. The molecule has 0 atom stereocenters. The molecule has 0 radical (unpaired) electrons. The third-order valence-corrected chi connectivity index (χ3v) is 6.31. The van der Waals surface area contributed by atoms with Crippen molar-refractivity contribution in [3.8, 4) is 11.4 Å². The second-order valence-corrected chi connectivity index (χ2v) is 8.92. The second-order valence-electron chi connectivity index (χ2n) is 7.24. The van der Waals surface area contributed by atoms with E-state index in [4.69, 9.17) is 4.74 Å². The number of hydrogen-bond acceptors (Lipinski definition) is 6. The minimum absolute atomic E-state index is 0.0437. The van der Waals surface area contributed by atoms with Gasteiger partial charge in [0.15, 0.2) is 0 Å². The highest BCUT2D eigenvalue weighted by Crippen LogP contribution is 2.26.